The van der Waals surface area contributed by atoms with Crippen LogP contribution in [0.15, 0.2) is 10.5 Å². The number of aryl methyl sites for hydroxylation is 3. The number of nitrogens with zero attached hydrogens (tertiary/aromatic N) is 3. The van der Waals surface area contributed by atoms with Crippen molar-refractivity contribution in [2.24, 2.45) is 0 Å². The van der Waals surface area contributed by atoms with Gasteiger partial charge in [0, 0.05) is 18.3 Å². The zero-order valence-electron chi connectivity index (χ0n) is 13.7. The SMILES string of the molecule is CCCc1cc(C(=O)N2CCOCC2c2nnc(C)o2)sc1C. The Morgan fingerprint density at radius 2 is 2.26 bits per heavy atom. The van der Waals surface area contributed by atoms with Gasteiger partial charge >= 0.3 is 0 Å². The Morgan fingerprint density at radius 1 is 1.43 bits per heavy atom. The molecule has 1 fully saturated rings. The normalized spacial score (nSPS) is 18.4. The predicted molar refractivity (Wildman–Crippen MR) is 86.7 cm³/mol. The lowest BCUT2D eigenvalue weighted by Crippen LogP contribution is -2.43. The van der Waals surface area contributed by atoms with Gasteiger partial charge in [-0.1, -0.05) is 13.3 Å². The van der Waals surface area contributed by atoms with E-state index in [2.05, 4.69) is 24.0 Å². The van der Waals surface area contributed by atoms with Gasteiger partial charge in [0.1, 0.15) is 6.04 Å². The van der Waals surface area contributed by atoms with Crippen LogP contribution in [0.25, 0.3) is 0 Å². The van der Waals surface area contributed by atoms with Crippen molar-refractivity contribution in [2.45, 2.75) is 39.7 Å². The van der Waals surface area contributed by atoms with E-state index in [1.807, 2.05) is 6.07 Å². The average molecular weight is 335 g/mol. The van der Waals surface area contributed by atoms with Gasteiger partial charge in [0.25, 0.3) is 5.91 Å². The van der Waals surface area contributed by atoms with Gasteiger partial charge in [-0.3, -0.25) is 4.79 Å². The van der Waals surface area contributed by atoms with Crippen LogP contribution in [-0.4, -0.2) is 40.8 Å². The maximum Gasteiger partial charge on any atom is 0.264 e. The summed E-state index contributed by atoms with van der Waals surface area (Å²) in [6, 6.07) is 1.71. The first kappa shape index (κ1) is 16.1. The minimum atomic E-state index is -0.311. The number of amides is 1. The lowest BCUT2D eigenvalue weighted by atomic mass is 10.1. The van der Waals surface area contributed by atoms with Crippen molar-refractivity contribution in [1.82, 2.24) is 15.1 Å². The summed E-state index contributed by atoms with van der Waals surface area (Å²) < 4.78 is 11.0. The zero-order valence-corrected chi connectivity index (χ0v) is 14.5. The minimum absolute atomic E-state index is 0.0182. The molecular weight excluding hydrogens is 314 g/mol. The molecular formula is C16H21N3O3S. The van der Waals surface area contributed by atoms with Crippen LogP contribution >= 0.6 is 11.3 Å². The van der Waals surface area contributed by atoms with Crippen LogP contribution in [0.1, 0.15) is 51.3 Å². The lowest BCUT2D eigenvalue weighted by molar-refractivity contribution is -0.0104. The first-order chi connectivity index (χ1) is 11.1. The van der Waals surface area contributed by atoms with Crippen molar-refractivity contribution < 1.29 is 13.9 Å². The van der Waals surface area contributed by atoms with Crippen molar-refractivity contribution in [1.29, 1.82) is 0 Å². The molecule has 1 atom stereocenters. The first-order valence-corrected chi connectivity index (χ1v) is 8.69. The van der Waals surface area contributed by atoms with Gasteiger partial charge in [0.15, 0.2) is 0 Å². The Labute approximate surface area is 139 Å². The molecule has 3 heterocycles. The van der Waals surface area contributed by atoms with Crippen LogP contribution in [0, 0.1) is 13.8 Å². The second kappa shape index (κ2) is 6.80. The maximum absolute atomic E-state index is 13.0. The van der Waals surface area contributed by atoms with E-state index in [9.17, 15) is 4.79 Å². The molecule has 6 nitrogen and oxygen atoms in total. The van der Waals surface area contributed by atoms with Crippen molar-refractivity contribution >= 4 is 17.2 Å². The van der Waals surface area contributed by atoms with E-state index in [0.717, 1.165) is 17.7 Å². The molecule has 3 rings (SSSR count). The molecule has 7 heteroatoms. The molecule has 0 aliphatic carbocycles. The van der Waals surface area contributed by atoms with Crippen LogP contribution in [0.5, 0.6) is 0 Å². The molecule has 0 radical (unpaired) electrons. The molecule has 0 saturated carbocycles. The predicted octanol–water partition coefficient (Wildman–Crippen LogP) is 2.91. The highest BCUT2D eigenvalue weighted by Gasteiger charge is 2.33. The molecule has 0 aromatic carbocycles. The monoisotopic (exact) mass is 335 g/mol. The fraction of sp³-hybridized carbons (Fsp3) is 0.562. The number of hydrogen-bond acceptors (Lipinski definition) is 6. The highest BCUT2D eigenvalue weighted by Crippen LogP contribution is 2.29. The van der Waals surface area contributed by atoms with Gasteiger partial charge in [0.05, 0.1) is 18.1 Å². The molecule has 1 saturated heterocycles. The third-order valence-corrected chi connectivity index (χ3v) is 5.05. The van der Waals surface area contributed by atoms with Crippen molar-refractivity contribution in [2.75, 3.05) is 19.8 Å². The van der Waals surface area contributed by atoms with E-state index in [0.29, 0.717) is 31.5 Å². The largest absolute Gasteiger partial charge is 0.423 e. The molecule has 23 heavy (non-hydrogen) atoms. The molecule has 1 unspecified atom stereocenters. The molecule has 1 amide bonds. The number of hydrogen-bond donors (Lipinski definition) is 0. The zero-order chi connectivity index (χ0) is 16.4. The summed E-state index contributed by atoms with van der Waals surface area (Å²) in [7, 11) is 0. The second-order valence-electron chi connectivity index (χ2n) is 5.69. The molecule has 124 valence electrons. The number of carbonyl (C=O) groups is 1. The Hall–Kier alpha value is -1.73. The van der Waals surface area contributed by atoms with Crippen LogP contribution in [-0.2, 0) is 11.2 Å². The fourth-order valence-electron chi connectivity index (χ4n) is 2.78. The van der Waals surface area contributed by atoms with Crippen LogP contribution < -0.4 is 0 Å². The molecule has 0 N–H and O–H groups in total. The summed E-state index contributed by atoms with van der Waals surface area (Å²) in [5.41, 5.74) is 1.26. The first-order valence-electron chi connectivity index (χ1n) is 7.88. The van der Waals surface area contributed by atoms with Gasteiger partial charge in [-0.25, -0.2) is 0 Å². The number of ether oxygens (including phenoxy) is 1. The molecule has 2 aromatic heterocycles. The van der Waals surface area contributed by atoms with E-state index in [4.69, 9.17) is 9.15 Å². The summed E-state index contributed by atoms with van der Waals surface area (Å²) in [4.78, 5) is 16.7. The average Bonchev–Trinajstić information content (AvgIpc) is 3.14. The van der Waals surface area contributed by atoms with Gasteiger partial charge < -0.3 is 14.1 Å². The summed E-state index contributed by atoms with van der Waals surface area (Å²) in [5.74, 6) is 0.956. The molecule has 1 aliphatic rings. The topological polar surface area (TPSA) is 68.5 Å². The summed E-state index contributed by atoms with van der Waals surface area (Å²) in [6.45, 7) is 7.41. The fourth-order valence-corrected chi connectivity index (χ4v) is 3.81. The Kier molecular flexibility index (Phi) is 4.77. The number of morpholine rings is 1. The number of carbonyl (C=O) groups excluding carboxylic acids is 1. The van der Waals surface area contributed by atoms with Crippen molar-refractivity contribution in [3.8, 4) is 0 Å². The second-order valence-corrected chi connectivity index (χ2v) is 6.95. The Bertz CT molecular complexity index is 695. The van der Waals surface area contributed by atoms with E-state index in [-0.39, 0.29) is 11.9 Å². The summed E-state index contributed by atoms with van der Waals surface area (Å²) >= 11 is 1.56. The quantitative estimate of drug-likeness (QED) is 0.859. The molecule has 1 aliphatic heterocycles. The number of aromatic nitrogens is 2. The van der Waals surface area contributed by atoms with Crippen LogP contribution in [0.3, 0.4) is 0 Å². The van der Waals surface area contributed by atoms with Crippen molar-refractivity contribution in [3.63, 3.8) is 0 Å². The minimum Gasteiger partial charge on any atom is -0.423 e. The standard InChI is InChI=1S/C16H21N3O3S/c1-4-5-12-8-14(23-10(12)2)16(20)19-6-7-21-9-13(19)15-18-17-11(3)22-15/h8,13H,4-7,9H2,1-3H3. The molecule has 2 aromatic rings. The van der Waals surface area contributed by atoms with Gasteiger partial charge in [-0.05, 0) is 25.0 Å². The number of thiophene rings is 1. The van der Waals surface area contributed by atoms with Crippen molar-refractivity contribution in [3.05, 3.63) is 33.2 Å². The summed E-state index contributed by atoms with van der Waals surface area (Å²) in [6.07, 6.45) is 2.08. The van der Waals surface area contributed by atoms with Gasteiger partial charge in [-0.15, -0.1) is 21.5 Å². The highest BCUT2D eigenvalue weighted by atomic mass is 32.1. The maximum atomic E-state index is 13.0. The Balaban J connectivity index is 1.85. The summed E-state index contributed by atoms with van der Waals surface area (Å²) in [5, 5.41) is 7.92. The van der Waals surface area contributed by atoms with Crippen LogP contribution in [0.2, 0.25) is 0 Å². The van der Waals surface area contributed by atoms with Gasteiger partial charge in [-0.2, -0.15) is 0 Å². The van der Waals surface area contributed by atoms with E-state index < -0.39 is 0 Å². The highest BCUT2D eigenvalue weighted by molar-refractivity contribution is 7.14. The number of rotatable bonds is 4. The molecule has 0 spiro atoms. The third kappa shape index (κ3) is 3.30. The van der Waals surface area contributed by atoms with E-state index in [1.165, 1.54) is 10.4 Å². The lowest BCUT2D eigenvalue weighted by Gasteiger charge is -2.33. The smallest absolute Gasteiger partial charge is 0.264 e. The van der Waals surface area contributed by atoms with E-state index in [1.54, 1.807) is 23.2 Å². The van der Waals surface area contributed by atoms with E-state index >= 15 is 0 Å². The Morgan fingerprint density at radius 3 is 2.96 bits per heavy atom. The molecule has 0 bridgehead atoms. The van der Waals surface area contributed by atoms with Gasteiger partial charge in [0.2, 0.25) is 11.8 Å². The third-order valence-electron chi connectivity index (χ3n) is 3.97. The van der Waals surface area contributed by atoms with Crippen LogP contribution in [0.4, 0.5) is 0 Å².